The maximum atomic E-state index is 11.5. The number of carbonyl (C=O) groups is 2. The van der Waals surface area contributed by atoms with Gasteiger partial charge in [-0.3, -0.25) is 9.59 Å². The number of allylic oxidation sites excluding steroid dienone is 1. The highest BCUT2D eigenvalue weighted by atomic mass is 16.4. The van der Waals surface area contributed by atoms with Gasteiger partial charge in [0.15, 0.2) is 0 Å². The van der Waals surface area contributed by atoms with E-state index in [2.05, 4.69) is 6.92 Å². The molecule has 0 aliphatic carbocycles. The lowest BCUT2D eigenvalue weighted by Gasteiger charge is -2.12. The molecule has 0 spiro atoms. The van der Waals surface area contributed by atoms with Gasteiger partial charge in [0, 0.05) is 20.5 Å². The second kappa shape index (κ2) is 11.5. The average molecular weight is 283 g/mol. The molecule has 0 aromatic heterocycles. The molecule has 1 N–H and O–H groups in total. The first-order valence-corrected chi connectivity index (χ1v) is 7.58. The lowest BCUT2D eigenvalue weighted by Crippen LogP contribution is -2.26. The first kappa shape index (κ1) is 18.7. The molecule has 0 fully saturated rings. The van der Waals surface area contributed by atoms with E-state index >= 15 is 0 Å². The highest BCUT2D eigenvalue weighted by Crippen LogP contribution is 2.11. The summed E-state index contributed by atoms with van der Waals surface area (Å²) >= 11 is 0. The molecule has 0 aromatic rings. The van der Waals surface area contributed by atoms with Crippen molar-refractivity contribution in [2.75, 3.05) is 14.1 Å². The van der Waals surface area contributed by atoms with Crippen LogP contribution in [0.3, 0.4) is 0 Å². The van der Waals surface area contributed by atoms with Gasteiger partial charge in [-0.25, -0.2) is 0 Å². The summed E-state index contributed by atoms with van der Waals surface area (Å²) in [7, 11) is 3.28. The molecule has 116 valence electrons. The quantitative estimate of drug-likeness (QED) is 0.466. The van der Waals surface area contributed by atoms with Crippen LogP contribution in [0.4, 0.5) is 0 Å². The number of hydrogen-bond acceptors (Lipinski definition) is 2. The van der Waals surface area contributed by atoms with Crippen molar-refractivity contribution in [3.05, 3.63) is 12.2 Å². The summed E-state index contributed by atoms with van der Waals surface area (Å²) < 4.78 is 0. The van der Waals surface area contributed by atoms with E-state index in [0.29, 0.717) is 0 Å². The van der Waals surface area contributed by atoms with Crippen molar-refractivity contribution >= 4 is 11.9 Å². The Hall–Kier alpha value is -1.32. The van der Waals surface area contributed by atoms with Gasteiger partial charge in [0.2, 0.25) is 5.91 Å². The Morgan fingerprint density at radius 1 is 1.10 bits per heavy atom. The number of carbonyl (C=O) groups excluding carboxylic acids is 1. The van der Waals surface area contributed by atoms with Crippen LogP contribution in [0, 0.1) is 5.92 Å². The number of carboxylic acid groups (broad SMARTS) is 1. The Balaban J connectivity index is 3.92. The fourth-order valence-electron chi connectivity index (χ4n) is 1.91. The van der Waals surface area contributed by atoms with E-state index < -0.39 is 11.9 Å². The first-order valence-electron chi connectivity index (χ1n) is 7.58. The van der Waals surface area contributed by atoms with Gasteiger partial charge < -0.3 is 10.0 Å². The number of hydrogen-bond donors (Lipinski definition) is 1. The fourth-order valence-corrected chi connectivity index (χ4v) is 1.91. The monoisotopic (exact) mass is 283 g/mol. The van der Waals surface area contributed by atoms with Crippen LogP contribution in [0.2, 0.25) is 0 Å². The molecular weight excluding hydrogens is 254 g/mol. The van der Waals surface area contributed by atoms with Gasteiger partial charge in [-0.2, -0.15) is 0 Å². The standard InChI is InChI=1S/C16H29NO3/c1-4-5-6-7-8-9-10-11-12-14(16(19)20)13-15(18)17(2)3/h11-12,14H,4-10,13H2,1-3H3,(H,19,20). The minimum absolute atomic E-state index is 0.0370. The average Bonchev–Trinajstić information content (AvgIpc) is 2.39. The van der Waals surface area contributed by atoms with Crippen LogP contribution in [0.5, 0.6) is 0 Å². The molecular formula is C16H29NO3. The van der Waals surface area contributed by atoms with Gasteiger partial charge in [-0.1, -0.05) is 51.2 Å². The van der Waals surface area contributed by atoms with Crippen LogP contribution in [-0.4, -0.2) is 36.0 Å². The number of amides is 1. The number of aliphatic carboxylic acids is 1. The third-order valence-electron chi connectivity index (χ3n) is 3.30. The van der Waals surface area contributed by atoms with Crippen molar-refractivity contribution in [2.24, 2.45) is 5.92 Å². The molecule has 0 saturated heterocycles. The van der Waals surface area contributed by atoms with E-state index in [0.717, 1.165) is 12.8 Å². The van der Waals surface area contributed by atoms with Gasteiger partial charge in [0.05, 0.1) is 5.92 Å². The topological polar surface area (TPSA) is 57.6 Å². The van der Waals surface area contributed by atoms with Crippen LogP contribution < -0.4 is 0 Å². The maximum Gasteiger partial charge on any atom is 0.310 e. The molecule has 0 rings (SSSR count). The van der Waals surface area contributed by atoms with E-state index in [-0.39, 0.29) is 12.3 Å². The number of nitrogens with zero attached hydrogens (tertiary/aromatic N) is 1. The summed E-state index contributed by atoms with van der Waals surface area (Å²) in [5, 5.41) is 9.08. The van der Waals surface area contributed by atoms with Crippen molar-refractivity contribution in [1.29, 1.82) is 0 Å². The van der Waals surface area contributed by atoms with Gasteiger partial charge in [-0.05, 0) is 12.8 Å². The normalized spacial score (nSPS) is 12.6. The molecule has 20 heavy (non-hydrogen) atoms. The van der Waals surface area contributed by atoms with E-state index in [1.807, 2.05) is 6.08 Å². The van der Waals surface area contributed by atoms with Crippen LogP contribution in [-0.2, 0) is 9.59 Å². The van der Waals surface area contributed by atoms with Crippen molar-refractivity contribution < 1.29 is 14.7 Å². The Labute approximate surface area is 122 Å². The predicted molar refractivity (Wildman–Crippen MR) is 81.6 cm³/mol. The number of carboxylic acids is 1. The SMILES string of the molecule is CCCCCCCCC=CC(CC(=O)N(C)C)C(=O)O. The van der Waals surface area contributed by atoms with Gasteiger partial charge in [-0.15, -0.1) is 0 Å². The maximum absolute atomic E-state index is 11.5. The van der Waals surface area contributed by atoms with Crippen molar-refractivity contribution in [1.82, 2.24) is 4.90 Å². The highest BCUT2D eigenvalue weighted by Gasteiger charge is 2.18. The molecule has 0 bridgehead atoms. The molecule has 1 amide bonds. The summed E-state index contributed by atoms with van der Waals surface area (Å²) in [6, 6.07) is 0. The van der Waals surface area contributed by atoms with Crippen LogP contribution >= 0.6 is 0 Å². The minimum atomic E-state index is -0.931. The summed E-state index contributed by atoms with van der Waals surface area (Å²) in [5.74, 6) is -1.79. The van der Waals surface area contributed by atoms with Crippen molar-refractivity contribution in [3.63, 3.8) is 0 Å². The Morgan fingerprint density at radius 3 is 2.25 bits per heavy atom. The zero-order chi connectivity index (χ0) is 15.4. The van der Waals surface area contributed by atoms with Crippen LogP contribution in [0.1, 0.15) is 58.3 Å². The second-order valence-electron chi connectivity index (χ2n) is 5.42. The molecule has 0 heterocycles. The van der Waals surface area contributed by atoms with Crippen LogP contribution in [0.15, 0.2) is 12.2 Å². The molecule has 0 radical (unpaired) electrons. The summed E-state index contributed by atoms with van der Waals surface area (Å²) in [6.07, 6.45) is 11.9. The first-order chi connectivity index (χ1) is 9.49. The lowest BCUT2D eigenvalue weighted by atomic mass is 10.0. The zero-order valence-electron chi connectivity index (χ0n) is 13.1. The minimum Gasteiger partial charge on any atom is -0.481 e. The van der Waals surface area contributed by atoms with E-state index in [9.17, 15) is 9.59 Å². The predicted octanol–water partition coefficient (Wildman–Crippen LogP) is 3.47. The summed E-state index contributed by atoms with van der Waals surface area (Å²) in [6.45, 7) is 2.20. The second-order valence-corrected chi connectivity index (χ2v) is 5.42. The molecule has 1 atom stereocenters. The van der Waals surface area contributed by atoms with E-state index in [4.69, 9.17) is 5.11 Å². The Kier molecular flexibility index (Phi) is 10.7. The zero-order valence-corrected chi connectivity index (χ0v) is 13.1. The van der Waals surface area contributed by atoms with Crippen molar-refractivity contribution in [3.8, 4) is 0 Å². The summed E-state index contributed by atoms with van der Waals surface area (Å²) in [5.41, 5.74) is 0. The van der Waals surface area contributed by atoms with Crippen molar-refractivity contribution in [2.45, 2.75) is 58.3 Å². The molecule has 0 aliphatic rings. The molecule has 0 saturated carbocycles. The van der Waals surface area contributed by atoms with E-state index in [1.54, 1.807) is 20.2 Å². The smallest absolute Gasteiger partial charge is 0.310 e. The largest absolute Gasteiger partial charge is 0.481 e. The lowest BCUT2D eigenvalue weighted by molar-refractivity contribution is -0.143. The Bertz CT molecular complexity index is 311. The van der Waals surface area contributed by atoms with Crippen LogP contribution in [0.25, 0.3) is 0 Å². The molecule has 0 aromatic carbocycles. The van der Waals surface area contributed by atoms with E-state index in [1.165, 1.54) is 37.0 Å². The number of rotatable bonds is 11. The molecule has 0 aliphatic heterocycles. The van der Waals surface area contributed by atoms with Gasteiger partial charge in [0.25, 0.3) is 0 Å². The highest BCUT2D eigenvalue weighted by molar-refractivity contribution is 5.83. The van der Waals surface area contributed by atoms with Gasteiger partial charge >= 0.3 is 5.97 Å². The van der Waals surface area contributed by atoms with Gasteiger partial charge in [0.1, 0.15) is 0 Å². The molecule has 4 heteroatoms. The molecule has 4 nitrogen and oxygen atoms in total. The number of unbranched alkanes of at least 4 members (excludes halogenated alkanes) is 6. The fraction of sp³-hybridized carbons (Fsp3) is 0.750. The summed E-state index contributed by atoms with van der Waals surface area (Å²) in [4.78, 5) is 24.0. The third-order valence-corrected chi connectivity index (χ3v) is 3.30. The Morgan fingerprint density at radius 2 is 1.70 bits per heavy atom. The third kappa shape index (κ3) is 9.59. The molecule has 1 unspecified atom stereocenters.